The molecule has 1 aromatic heterocycles. The van der Waals surface area contributed by atoms with E-state index in [1.165, 1.54) is 24.8 Å². The smallest absolute Gasteiger partial charge is 0.159 e. The third-order valence-electron chi connectivity index (χ3n) is 3.74. The third-order valence-corrected chi connectivity index (χ3v) is 3.74. The molecular formula is C19H25N2. The van der Waals surface area contributed by atoms with Gasteiger partial charge < -0.3 is 0 Å². The highest BCUT2D eigenvalue weighted by Crippen LogP contribution is 2.18. The molecule has 0 aliphatic rings. The Morgan fingerprint density at radius 3 is 2.29 bits per heavy atom. The topological polar surface area (TPSA) is 25.8 Å². The summed E-state index contributed by atoms with van der Waals surface area (Å²) >= 11 is 0. The van der Waals surface area contributed by atoms with E-state index in [9.17, 15) is 0 Å². The summed E-state index contributed by atoms with van der Waals surface area (Å²) in [7, 11) is 0. The molecule has 1 atom stereocenters. The molecule has 21 heavy (non-hydrogen) atoms. The molecule has 1 aromatic carbocycles. The van der Waals surface area contributed by atoms with Crippen LogP contribution in [0.2, 0.25) is 0 Å². The predicted molar refractivity (Wildman–Crippen MR) is 87.9 cm³/mol. The van der Waals surface area contributed by atoms with Crippen molar-refractivity contribution < 1.29 is 0 Å². The minimum Gasteiger partial charge on any atom is -0.236 e. The molecule has 1 unspecified atom stereocenters. The summed E-state index contributed by atoms with van der Waals surface area (Å²) < 4.78 is 0. The van der Waals surface area contributed by atoms with E-state index in [2.05, 4.69) is 36.8 Å². The first-order valence-corrected chi connectivity index (χ1v) is 7.92. The van der Waals surface area contributed by atoms with Crippen molar-refractivity contribution >= 4 is 0 Å². The van der Waals surface area contributed by atoms with Crippen molar-refractivity contribution in [2.45, 2.75) is 46.5 Å². The second kappa shape index (κ2) is 7.92. The van der Waals surface area contributed by atoms with E-state index < -0.39 is 0 Å². The lowest BCUT2D eigenvalue weighted by molar-refractivity contribution is 0.455. The Hall–Kier alpha value is -1.70. The van der Waals surface area contributed by atoms with Crippen LogP contribution >= 0.6 is 0 Å². The molecule has 0 saturated carbocycles. The fourth-order valence-electron chi connectivity index (χ4n) is 2.52. The Morgan fingerprint density at radius 1 is 1.00 bits per heavy atom. The highest BCUT2D eigenvalue weighted by Gasteiger charge is 2.06. The largest absolute Gasteiger partial charge is 0.236 e. The van der Waals surface area contributed by atoms with Gasteiger partial charge in [-0.2, -0.15) is 0 Å². The van der Waals surface area contributed by atoms with E-state index in [-0.39, 0.29) is 0 Å². The van der Waals surface area contributed by atoms with Crippen LogP contribution in [0.1, 0.15) is 45.6 Å². The van der Waals surface area contributed by atoms with Crippen molar-refractivity contribution in [1.29, 1.82) is 0 Å². The number of nitrogens with zero attached hydrogens (tertiary/aromatic N) is 2. The normalized spacial score (nSPS) is 12.6. The van der Waals surface area contributed by atoms with Crippen LogP contribution in [0.25, 0.3) is 11.4 Å². The number of aromatic nitrogens is 2. The van der Waals surface area contributed by atoms with Crippen LogP contribution in [-0.2, 0) is 6.42 Å². The van der Waals surface area contributed by atoms with Gasteiger partial charge in [-0.1, -0.05) is 64.3 Å². The van der Waals surface area contributed by atoms with Gasteiger partial charge in [0.15, 0.2) is 5.82 Å². The zero-order chi connectivity index (χ0) is 15.1. The van der Waals surface area contributed by atoms with Crippen molar-refractivity contribution in [1.82, 2.24) is 9.97 Å². The maximum atomic E-state index is 4.49. The van der Waals surface area contributed by atoms with Crippen molar-refractivity contribution in [3.05, 3.63) is 48.3 Å². The van der Waals surface area contributed by atoms with Crippen molar-refractivity contribution in [2.75, 3.05) is 0 Å². The SMILES string of the molecule is CC(C)CCCC(C)Cc1cnc(-c2cc[c]cc2)nc1. The third kappa shape index (κ3) is 5.30. The first-order valence-electron chi connectivity index (χ1n) is 7.92. The Morgan fingerprint density at radius 2 is 1.67 bits per heavy atom. The second-order valence-electron chi connectivity index (χ2n) is 6.34. The molecule has 111 valence electrons. The quantitative estimate of drug-likeness (QED) is 0.717. The van der Waals surface area contributed by atoms with Gasteiger partial charge in [0, 0.05) is 18.0 Å². The zero-order valence-corrected chi connectivity index (χ0v) is 13.3. The number of rotatable bonds is 7. The summed E-state index contributed by atoms with van der Waals surface area (Å²) in [5.41, 5.74) is 2.28. The van der Waals surface area contributed by atoms with Gasteiger partial charge in [0.25, 0.3) is 0 Å². The summed E-state index contributed by atoms with van der Waals surface area (Å²) in [5, 5.41) is 0. The Balaban J connectivity index is 1.88. The lowest BCUT2D eigenvalue weighted by Crippen LogP contribution is -2.02. The Kier molecular flexibility index (Phi) is 5.91. The molecule has 0 N–H and O–H groups in total. The van der Waals surface area contributed by atoms with Crippen LogP contribution in [0.3, 0.4) is 0 Å². The lowest BCUT2D eigenvalue weighted by atomic mass is 9.95. The summed E-state index contributed by atoms with van der Waals surface area (Å²) in [5.74, 6) is 2.30. The van der Waals surface area contributed by atoms with Gasteiger partial charge in [0.1, 0.15) is 0 Å². The summed E-state index contributed by atoms with van der Waals surface area (Å²) in [4.78, 5) is 8.97. The lowest BCUT2D eigenvalue weighted by Gasteiger charge is -2.12. The summed E-state index contributed by atoms with van der Waals surface area (Å²) in [6, 6.07) is 10.8. The van der Waals surface area contributed by atoms with Crippen molar-refractivity contribution in [2.24, 2.45) is 11.8 Å². The highest BCUT2D eigenvalue weighted by molar-refractivity contribution is 5.53. The van der Waals surface area contributed by atoms with Crippen LogP contribution in [0, 0.1) is 17.9 Å². The predicted octanol–water partition coefficient (Wildman–Crippen LogP) is 4.95. The molecule has 2 rings (SSSR count). The Labute approximate surface area is 128 Å². The Bertz CT molecular complexity index is 517. The van der Waals surface area contributed by atoms with E-state index in [1.807, 2.05) is 36.7 Å². The van der Waals surface area contributed by atoms with Gasteiger partial charge in [-0.15, -0.1) is 0 Å². The number of hydrogen-bond acceptors (Lipinski definition) is 2. The average molecular weight is 281 g/mol. The maximum Gasteiger partial charge on any atom is 0.159 e. The minimum absolute atomic E-state index is 0.699. The van der Waals surface area contributed by atoms with Crippen molar-refractivity contribution in [3.63, 3.8) is 0 Å². The molecule has 2 aromatic rings. The van der Waals surface area contributed by atoms with Gasteiger partial charge in [0.2, 0.25) is 0 Å². The van der Waals surface area contributed by atoms with Gasteiger partial charge in [-0.3, -0.25) is 0 Å². The average Bonchev–Trinajstić information content (AvgIpc) is 2.48. The van der Waals surface area contributed by atoms with Crippen LogP contribution in [-0.4, -0.2) is 9.97 Å². The summed E-state index contributed by atoms with van der Waals surface area (Å²) in [6.07, 6.45) is 8.94. The van der Waals surface area contributed by atoms with E-state index in [0.29, 0.717) is 5.92 Å². The minimum atomic E-state index is 0.699. The first-order chi connectivity index (χ1) is 10.1. The number of hydrogen-bond donors (Lipinski definition) is 0. The van der Waals surface area contributed by atoms with E-state index in [0.717, 1.165) is 23.7 Å². The molecule has 1 radical (unpaired) electrons. The van der Waals surface area contributed by atoms with E-state index >= 15 is 0 Å². The first kappa shape index (κ1) is 15.7. The fraction of sp³-hybridized carbons (Fsp3) is 0.474. The van der Waals surface area contributed by atoms with Crippen LogP contribution in [0.5, 0.6) is 0 Å². The van der Waals surface area contributed by atoms with Gasteiger partial charge in [-0.25, -0.2) is 9.97 Å². The van der Waals surface area contributed by atoms with Crippen LogP contribution in [0.4, 0.5) is 0 Å². The molecule has 0 saturated heterocycles. The standard InChI is InChI=1S/C19H25N2/c1-15(2)8-7-9-16(3)12-17-13-20-19(21-14-17)18-10-5-4-6-11-18/h5-6,10-11,13-16H,7-9,12H2,1-3H3. The molecule has 0 fully saturated rings. The van der Waals surface area contributed by atoms with Gasteiger partial charge in [0.05, 0.1) is 0 Å². The molecule has 0 bridgehead atoms. The summed E-state index contributed by atoms with van der Waals surface area (Å²) in [6.45, 7) is 6.90. The van der Waals surface area contributed by atoms with Crippen molar-refractivity contribution in [3.8, 4) is 11.4 Å². The molecule has 0 amide bonds. The second-order valence-corrected chi connectivity index (χ2v) is 6.34. The van der Waals surface area contributed by atoms with Gasteiger partial charge in [-0.05, 0) is 29.9 Å². The molecule has 0 aliphatic carbocycles. The maximum absolute atomic E-state index is 4.49. The number of benzene rings is 1. The molecule has 0 spiro atoms. The highest BCUT2D eigenvalue weighted by atomic mass is 14.9. The fourth-order valence-corrected chi connectivity index (χ4v) is 2.52. The van der Waals surface area contributed by atoms with E-state index in [4.69, 9.17) is 0 Å². The van der Waals surface area contributed by atoms with E-state index in [1.54, 1.807) is 0 Å². The molecule has 1 heterocycles. The zero-order valence-electron chi connectivity index (χ0n) is 13.3. The molecular weight excluding hydrogens is 256 g/mol. The van der Waals surface area contributed by atoms with Crippen LogP contribution in [0.15, 0.2) is 36.7 Å². The molecule has 2 nitrogen and oxygen atoms in total. The monoisotopic (exact) mass is 281 g/mol. The van der Waals surface area contributed by atoms with Gasteiger partial charge >= 0.3 is 0 Å². The molecule has 0 aliphatic heterocycles. The van der Waals surface area contributed by atoms with Crippen LogP contribution < -0.4 is 0 Å². The molecule has 2 heteroatoms.